The summed E-state index contributed by atoms with van der Waals surface area (Å²) in [6.45, 7) is 1.06. The van der Waals surface area contributed by atoms with Gasteiger partial charge in [-0.2, -0.15) is 17.6 Å². The molecule has 5 heteroatoms. The maximum atomic E-state index is 12.4. The van der Waals surface area contributed by atoms with Gasteiger partial charge in [-0.15, -0.1) is 0 Å². The molecule has 0 aliphatic carbocycles. The molecule has 0 rings (SSSR count). The summed E-state index contributed by atoms with van der Waals surface area (Å²) in [5, 5.41) is 0. The lowest BCUT2D eigenvalue weighted by atomic mass is 10.1. The Morgan fingerprint density at radius 2 is 1.55 bits per heavy atom. The standard InChI is InChI=1S/C6H9F4I/c1-2-5(7,8)6(9,10)3-4-11/h2-4H2,1H3. The fourth-order valence-electron chi connectivity index (χ4n) is 0.560. The fraction of sp³-hybridized carbons (Fsp3) is 1.00. The number of hydrogen-bond acceptors (Lipinski definition) is 0. The number of rotatable bonds is 4. The molecule has 0 spiro atoms. The molecule has 68 valence electrons. The molecule has 0 aliphatic rings. The van der Waals surface area contributed by atoms with Gasteiger partial charge in [0.25, 0.3) is 0 Å². The van der Waals surface area contributed by atoms with Gasteiger partial charge in [0.15, 0.2) is 0 Å². The van der Waals surface area contributed by atoms with Crippen molar-refractivity contribution in [3.05, 3.63) is 0 Å². The van der Waals surface area contributed by atoms with Gasteiger partial charge >= 0.3 is 11.8 Å². The van der Waals surface area contributed by atoms with Crippen molar-refractivity contribution in [1.82, 2.24) is 0 Å². The van der Waals surface area contributed by atoms with E-state index in [-0.39, 0.29) is 4.43 Å². The summed E-state index contributed by atoms with van der Waals surface area (Å²) < 4.78 is 49.7. The quantitative estimate of drug-likeness (QED) is 0.421. The Balaban J connectivity index is 4.26. The van der Waals surface area contributed by atoms with Crippen molar-refractivity contribution in [1.29, 1.82) is 0 Å². The largest absolute Gasteiger partial charge is 0.310 e. The van der Waals surface area contributed by atoms with Crippen LogP contribution >= 0.6 is 22.6 Å². The molecule has 0 atom stereocenters. The van der Waals surface area contributed by atoms with E-state index < -0.39 is 24.7 Å². The monoisotopic (exact) mass is 284 g/mol. The van der Waals surface area contributed by atoms with Crippen LogP contribution in [0.5, 0.6) is 0 Å². The number of hydrogen-bond donors (Lipinski definition) is 0. The molecule has 0 saturated heterocycles. The zero-order valence-corrected chi connectivity index (χ0v) is 8.17. The first-order chi connectivity index (χ1) is 4.87. The van der Waals surface area contributed by atoms with E-state index in [0.29, 0.717) is 0 Å². The van der Waals surface area contributed by atoms with Gasteiger partial charge in [-0.05, 0) is 0 Å². The topological polar surface area (TPSA) is 0 Å². The highest BCUT2D eigenvalue weighted by atomic mass is 127. The van der Waals surface area contributed by atoms with Gasteiger partial charge in [0.05, 0.1) is 0 Å². The predicted molar refractivity (Wildman–Crippen MR) is 43.7 cm³/mol. The zero-order valence-electron chi connectivity index (χ0n) is 6.01. The third-order valence-corrected chi connectivity index (χ3v) is 1.93. The van der Waals surface area contributed by atoms with Gasteiger partial charge in [-0.1, -0.05) is 29.5 Å². The Morgan fingerprint density at radius 1 is 1.09 bits per heavy atom. The van der Waals surface area contributed by atoms with Gasteiger partial charge in [0.2, 0.25) is 0 Å². The molecule has 0 N–H and O–H groups in total. The van der Waals surface area contributed by atoms with Crippen LogP contribution in [0.3, 0.4) is 0 Å². The van der Waals surface area contributed by atoms with Gasteiger partial charge in [0.1, 0.15) is 0 Å². The lowest BCUT2D eigenvalue weighted by Gasteiger charge is -2.24. The van der Waals surface area contributed by atoms with Crippen molar-refractivity contribution in [3.8, 4) is 0 Å². The Morgan fingerprint density at radius 3 is 1.82 bits per heavy atom. The Labute approximate surface area is 76.5 Å². The molecule has 0 radical (unpaired) electrons. The summed E-state index contributed by atoms with van der Waals surface area (Å²) in [6, 6.07) is 0. The van der Waals surface area contributed by atoms with Crippen LogP contribution in [-0.4, -0.2) is 16.3 Å². The van der Waals surface area contributed by atoms with Crippen molar-refractivity contribution >= 4 is 22.6 Å². The van der Waals surface area contributed by atoms with Gasteiger partial charge in [-0.25, -0.2) is 0 Å². The van der Waals surface area contributed by atoms with Crippen molar-refractivity contribution in [2.75, 3.05) is 4.43 Å². The lowest BCUT2D eigenvalue weighted by molar-refractivity contribution is -0.209. The molecule has 0 heterocycles. The van der Waals surface area contributed by atoms with Crippen LogP contribution < -0.4 is 0 Å². The molecular weight excluding hydrogens is 275 g/mol. The smallest absolute Gasteiger partial charge is 0.200 e. The van der Waals surface area contributed by atoms with Crippen molar-refractivity contribution < 1.29 is 17.6 Å². The SMILES string of the molecule is CCC(F)(F)C(F)(F)CCI. The highest BCUT2D eigenvalue weighted by molar-refractivity contribution is 14.1. The third kappa shape index (κ3) is 2.76. The summed E-state index contributed by atoms with van der Waals surface area (Å²) in [5.74, 6) is -7.69. The molecule has 0 amide bonds. The minimum atomic E-state index is -3.85. The molecule has 0 aromatic rings. The van der Waals surface area contributed by atoms with Crippen LogP contribution in [0.1, 0.15) is 19.8 Å². The highest BCUT2D eigenvalue weighted by Crippen LogP contribution is 2.39. The lowest BCUT2D eigenvalue weighted by Crippen LogP contribution is -2.40. The molecular formula is C6H9F4I. The molecule has 0 aliphatic heterocycles. The summed E-state index contributed by atoms with van der Waals surface area (Å²) in [4.78, 5) is 0. The summed E-state index contributed by atoms with van der Waals surface area (Å²) in [5.41, 5.74) is 0. The maximum absolute atomic E-state index is 12.4. The van der Waals surface area contributed by atoms with Crippen LogP contribution in [0, 0.1) is 0 Å². The summed E-state index contributed by atoms with van der Waals surface area (Å²) >= 11 is 1.66. The predicted octanol–water partition coefficient (Wildman–Crippen LogP) is 3.49. The van der Waals surface area contributed by atoms with Crippen molar-refractivity contribution in [2.24, 2.45) is 0 Å². The summed E-state index contributed by atoms with van der Waals surface area (Å²) in [7, 11) is 0. The summed E-state index contributed by atoms with van der Waals surface area (Å²) in [6.07, 6.45) is -1.56. The van der Waals surface area contributed by atoms with E-state index in [0.717, 1.165) is 6.92 Å². The number of alkyl halides is 5. The van der Waals surface area contributed by atoms with Gasteiger partial charge < -0.3 is 0 Å². The average Bonchev–Trinajstić information content (AvgIpc) is 1.87. The Hall–Kier alpha value is 0.450. The van der Waals surface area contributed by atoms with Crippen LogP contribution in [0.15, 0.2) is 0 Å². The van der Waals surface area contributed by atoms with Crippen LogP contribution in [-0.2, 0) is 0 Å². The van der Waals surface area contributed by atoms with E-state index in [1.807, 2.05) is 0 Å². The zero-order chi connectivity index (χ0) is 9.12. The normalized spacial score (nSPS) is 13.6. The van der Waals surface area contributed by atoms with Crippen molar-refractivity contribution in [2.45, 2.75) is 31.6 Å². The van der Waals surface area contributed by atoms with Crippen LogP contribution in [0.25, 0.3) is 0 Å². The Kier molecular flexibility index (Phi) is 4.07. The van der Waals surface area contributed by atoms with Gasteiger partial charge in [-0.3, -0.25) is 0 Å². The molecule has 0 saturated carbocycles. The molecule has 0 nitrogen and oxygen atoms in total. The first kappa shape index (κ1) is 11.4. The van der Waals surface area contributed by atoms with E-state index in [2.05, 4.69) is 0 Å². The second-order valence-electron chi connectivity index (χ2n) is 2.20. The van der Waals surface area contributed by atoms with Crippen LogP contribution in [0.2, 0.25) is 0 Å². The minimum Gasteiger partial charge on any atom is -0.200 e. The first-order valence-electron chi connectivity index (χ1n) is 3.19. The highest BCUT2D eigenvalue weighted by Gasteiger charge is 2.53. The van der Waals surface area contributed by atoms with E-state index in [9.17, 15) is 17.6 Å². The van der Waals surface area contributed by atoms with E-state index >= 15 is 0 Å². The molecule has 0 aromatic heterocycles. The first-order valence-corrected chi connectivity index (χ1v) is 4.71. The van der Waals surface area contributed by atoms with E-state index in [4.69, 9.17) is 0 Å². The van der Waals surface area contributed by atoms with E-state index in [1.54, 1.807) is 22.6 Å². The Bertz CT molecular complexity index is 124. The molecule has 0 fully saturated rings. The molecule has 0 aromatic carbocycles. The van der Waals surface area contributed by atoms with Crippen molar-refractivity contribution in [3.63, 3.8) is 0 Å². The maximum Gasteiger partial charge on any atom is 0.310 e. The third-order valence-electron chi connectivity index (χ3n) is 1.39. The van der Waals surface area contributed by atoms with Crippen LogP contribution in [0.4, 0.5) is 17.6 Å². The molecule has 11 heavy (non-hydrogen) atoms. The fourth-order valence-corrected chi connectivity index (χ4v) is 1.24. The second-order valence-corrected chi connectivity index (χ2v) is 3.28. The molecule has 0 bridgehead atoms. The van der Waals surface area contributed by atoms with Gasteiger partial charge in [0, 0.05) is 17.3 Å². The average molecular weight is 284 g/mol. The van der Waals surface area contributed by atoms with E-state index in [1.165, 1.54) is 0 Å². The second kappa shape index (κ2) is 3.91. The molecule has 0 unspecified atom stereocenters. The number of halogens is 5. The minimum absolute atomic E-state index is 0.0420.